The molecule has 23 heavy (non-hydrogen) atoms. The predicted octanol–water partition coefficient (Wildman–Crippen LogP) is 2.51. The topological polar surface area (TPSA) is 76.5 Å². The van der Waals surface area contributed by atoms with E-state index in [4.69, 9.17) is 5.26 Å². The summed E-state index contributed by atoms with van der Waals surface area (Å²) in [5.74, 6) is 0.184. The predicted molar refractivity (Wildman–Crippen MR) is 88.5 cm³/mol. The molecule has 0 bridgehead atoms. The normalized spacial score (nSPS) is 16.3. The molecular weight excluding hydrogens is 309 g/mol. The van der Waals surface area contributed by atoms with Gasteiger partial charge in [0.25, 0.3) is 0 Å². The van der Waals surface area contributed by atoms with Crippen molar-refractivity contribution in [3.05, 3.63) is 36.9 Å². The second-order valence-electron chi connectivity index (χ2n) is 5.94. The van der Waals surface area contributed by atoms with Crippen molar-refractivity contribution in [3.8, 4) is 17.2 Å². The first-order chi connectivity index (χ1) is 11.1. The highest BCUT2D eigenvalue weighted by molar-refractivity contribution is 7.14. The molecule has 3 aromatic rings. The van der Waals surface area contributed by atoms with E-state index in [1.807, 2.05) is 28.9 Å². The molecule has 6 nitrogen and oxygen atoms in total. The Hall–Kier alpha value is -2.51. The van der Waals surface area contributed by atoms with Gasteiger partial charge in [-0.25, -0.2) is 4.98 Å². The molecule has 0 radical (unpaired) electrons. The Balaban J connectivity index is 1.78. The highest BCUT2D eigenvalue weighted by atomic mass is 31.0. The third kappa shape index (κ3) is 2.08. The quantitative estimate of drug-likeness (QED) is 0.694. The van der Waals surface area contributed by atoms with Gasteiger partial charge in [-0.05, 0) is 27.1 Å². The smallest absolute Gasteiger partial charge is 0.143 e. The van der Waals surface area contributed by atoms with Crippen molar-refractivity contribution in [1.29, 1.82) is 5.26 Å². The Morgan fingerprint density at radius 1 is 1.39 bits per heavy atom. The second kappa shape index (κ2) is 5.00. The van der Waals surface area contributed by atoms with E-state index in [0.717, 1.165) is 22.2 Å². The summed E-state index contributed by atoms with van der Waals surface area (Å²) in [7, 11) is 2.61. The molecule has 1 aliphatic carbocycles. The molecule has 3 heterocycles. The Morgan fingerprint density at radius 3 is 2.96 bits per heavy atom. The summed E-state index contributed by atoms with van der Waals surface area (Å²) in [5.41, 5.74) is 2.42. The number of aromatic nitrogens is 4. The van der Waals surface area contributed by atoms with E-state index in [-0.39, 0.29) is 5.78 Å². The summed E-state index contributed by atoms with van der Waals surface area (Å²) in [4.78, 5) is 15.8. The van der Waals surface area contributed by atoms with Gasteiger partial charge >= 0.3 is 0 Å². The van der Waals surface area contributed by atoms with Crippen LogP contribution in [0.25, 0.3) is 22.2 Å². The third-order valence-electron chi connectivity index (χ3n) is 4.46. The van der Waals surface area contributed by atoms with Crippen molar-refractivity contribution >= 4 is 26.2 Å². The average Bonchev–Trinajstić information content (AvgIpc) is 3.13. The number of ketones is 1. The lowest BCUT2D eigenvalue weighted by Gasteiger charge is -2.38. The van der Waals surface area contributed by atoms with Crippen molar-refractivity contribution in [2.24, 2.45) is 0 Å². The van der Waals surface area contributed by atoms with Crippen LogP contribution in [-0.2, 0) is 10.3 Å². The summed E-state index contributed by atoms with van der Waals surface area (Å²) in [5, 5.41) is 14.5. The Morgan fingerprint density at radius 2 is 2.22 bits per heavy atom. The molecule has 7 heteroatoms. The minimum absolute atomic E-state index is 0.184. The molecule has 0 aliphatic heterocycles. The molecule has 0 N–H and O–H groups in total. The highest BCUT2D eigenvalue weighted by Gasteiger charge is 2.45. The van der Waals surface area contributed by atoms with E-state index >= 15 is 0 Å². The highest BCUT2D eigenvalue weighted by Crippen LogP contribution is 2.40. The van der Waals surface area contributed by atoms with Crippen LogP contribution in [0.3, 0.4) is 0 Å². The molecule has 0 amide bonds. The summed E-state index contributed by atoms with van der Waals surface area (Å²) in [6, 6.07) is 6.15. The molecule has 4 rings (SSSR count). The zero-order valence-corrected chi connectivity index (χ0v) is 13.5. The van der Waals surface area contributed by atoms with Gasteiger partial charge in [0.1, 0.15) is 11.4 Å². The summed E-state index contributed by atoms with van der Waals surface area (Å²) < 4.78 is 3.68. The number of Topliss-reactive ketones (excluding diaryl/α,β-unsaturated/α-hetero) is 1. The van der Waals surface area contributed by atoms with Crippen molar-refractivity contribution in [1.82, 2.24) is 19.1 Å². The van der Waals surface area contributed by atoms with Gasteiger partial charge in [-0.3, -0.25) is 9.48 Å². The number of pyridine rings is 1. The molecule has 1 saturated carbocycles. The van der Waals surface area contributed by atoms with Crippen molar-refractivity contribution in [2.45, 2.75) is 24.8 Å². The molecule has 0 aromatic carbocycles. The molecule has 0 saturated heterocycles. The van der Waals surface area contributed by atoms with Crippen LogP contribution in [0.2, 0.25) is 0 Å². The SMILES string of the molecule is N#CCC1(n2cc(-c3ccnc4c3ccn4P)cn2)CC(=O)C1. The lowest BCUT2D eigenvalue weighted by atomic mass is 9.74. The molecule has 1 atom stereocenters. The maximum absolute atomic E-state index is 11.5. The number of hydrogen-bond donors (Lipinski definition) is 0. The maximum Gasteiger partial charge on any atom is 0.143 e. The van der Waals surface area contributed by atoms with E-state index in [1.165, 1.54) is 0 Å². The first kappa shape index (κ1) is 14.1. The third-order valence-corrected chi connectivity index (χ3v) is 4.87. The minimum atomic E-state index is -0.469. The minimum Gasteiger partial charge on any atom is -0.317 e. The van der Waals surface area contributed by atoms with Gasteiger partial charge in [-0.15, -0.1) is 0 Å². The van der Waals surface area contributed by atoms with Gasteiger partial charge in [0.15, 0.2) is 0 Å². The Bertz CT molecular complexity index is 956. The standard InChI is InChI=1S/C16H14N5OP/c17-4-3-16(7-12(22)8-16)21-10-11(9-19-21)13-1-5-18-15-14(13)2-6-20(15)23/h1-2,5-6,9-10H,3,7-8,23H2. The van der Waals surface area contributed by atoms with Crippen LogP contribution < -0.4 is 0 Å². The van der Waals surface area contributed by atoms with Crippen LogP contribution >= 0.6 is 9.39 Å². The number of nitriles is 1. The maximum atomic E-state index is 11.5. The van der Waals surface area contributed by atoms with Crippen LogP contribution in [0.5, 0.6) is 0 Å². The molecule has 3 aromatic heterocycles. The first-order valence-electron chi connectivity index (χ1n) is 7.28. The monoisotopic (exact) mass is 323 g/mol. The van der Waals surface area contributed by atoms with E-state index in [1.54, 1.807) is 17.1 Å². The van der Waals surface area contributed by atoms with Gasteiger partial charge in [0.2, 0.25) is 0 Å². The Kier molecular flexibility index (Phi) is 3.07. The van der Waals surface area contributed by atoms with Gasteiger partial charge in [-0.2, -0.15) is 10.4 Å². The number of nitrogens with zero attached hydrogens (tertiary/aromatic N) is 5. The average molecular weight is 323 g/mol. The summed E-state index contributed by atoms with van der Waals surface area (Å²) in [6.07, 6.45) is 8.50. The number of carbonyl (C=O) groups excluding carboxylic acids is 1. The fraction of sp³-hybridized carbons (Fsp3) is 0.250. The molecular formula is C16H14N5OP. The van der Waals surface area contributed by atoms with Crippen LogP contribution in [0, 0.1) is 11.3 Å². The zero-order chi connectivity index (χ0) is 16.0. The van der Waals surface area contributed by atoms with E-state index in [2.05, 4.69) is 25.5 Å². The fourth-order valence-corrected chi connectivity index (χ4v) is 3.52. The molecule has 0 spiro atoms. The number of fused-ring (bicyclic) bond motifs is 1. The molecule has 1 fully saturated rings. The second-order valence-corrected chi connectivity index (χ2v) is 6.50. The van der Waals surface area contributed by atoms with E-state index < -0.39 is 5.54 Å². The van der Waals surface area contributed by atoms with Gasteiger partial charge < -0.3 is 4.34 Å². The molecule has 1 unspecified atom stereocenters. The molecule has 1 aliphatic rings. The van der Waals surface area contributed by atoms with Gasteiger partial charge in [-0.1, -0.05) is 0 Å². The van der Waals surface area contributed by atoms with Crippen molar-refractivity contribution in [3.63, 3.8) is 0 Å². The van der Waals surface area contributed by atoms with Gasteiger partial charge in [0.05, 0.1) is 24.2 Å². The largest absolute Gasteiger partial charge is 0.317 e. The van der Waals surface area contributed by atoms with Crippen LogP contribution in [0.1, 0.15) is 19.3 Å². The first-order valence-corrected chi connectivity index (χ1v) is 7.80. The summed E-state index contributed by atoms with van der Waals surface area (Å²) in [6.45, 7) is 0. The van der Waals surface area contributed by atoms with Crippen molar-refractivity contribution < 1.29 is 4.79 Å². The zero-order valence-electron chi connectivity index (χ0n) is 12.3. The van der Waals surface area contributed by atoms with Crippen LogP contribution in [-0.4, -0.2) is 24.9 Å². The van der Waals surface area contributed by atoms with Crippen LogP contribution in [0.4, 0.5) is 0 Å². The molecule has 114 valence electrons. The summed E-state index contributed by atoms with van der Waals surface area (Å²) >= 11 is 0. The van der Waals surface area contributed by atoms with Gasteiger partial charge in [0, 0.05) is 42.4 Å². The Labute approximate surface area is 135 Å². The fourth-order valence-electron chi connectivity index (χ4n) is 3.23. The lowest BCUT2D eigenvalue weighted by Crippen LogP contribution is -2.46. The number of rotatable bonds is 3. The van der Waals surface area contributed by atoms with Crippen LogP contribution in [0.15, 0.2) is 36.9 Å². The number of carbonyl (C=O) groups is 1. The van der Waals surface area contributed by atoms with Crippen molar-refractivity contribution in [2.75, 3.05) is 0 Å². The number of hydrogen-bond acceptors (Lipinski definition) is 4. The van der Waals surface area contributed by atoms with E-state index in [0.29, 0.717) is 19.3 Å². The lowest BCUT2D eigenvalue weighted by molar-refractivity contribution is -0.131. The van der Waals surface area contributed by atoms with E-state index in [9.17, 15) is 4.79 Å².